The maximum Gasteiger partial charge on any atom is 0.310 e. The molecule has 0 aromatic heterocycles. The molecular weight excluding hydrogens is 1050 g/mol. The first-order valence-corrected chi connectivity index (χ1v) is 33.4. The minimum atomic E-state index is -4.47. The van der Waals surface area contributed by atoms with Crippen LogP contribution in [0, 0.1) is 16.7 Å². The first-order valence-electron chi connectivity index (χ1n) is 31.8. The maximum atomic E-state index is 15.3. The van der Waals surface area contributed by atoms with Gasteiger partial charge in [0.1, 0.15) is 51.8 Å². The number of hydrogen-bond donors (Lipinski definition) is 3. The summed E-state index contributed by atoms with van der Waals surface area (Å²) in [7, 11) is -4.47. The number of fused-ring (bicyclic) bond motifs is 10. The Bertz CT molecular complexity index is 2910. The molecule has 6 atom stereocenters. The number of carbonyl (C=O) groups excluding carboxylic acids is 1. The highest BCUT2D eigenvalue weighted by Crippen LogP contribution is 2.64. The minimum Gasteiger partial charge on any atom is -0.508 e. The summed E-state index contributed by atoms with van der Waals surface area (Å²) < 4.78 is 64.4. The number of benzene rings is 4. The first-order chi connectivity index (χ1) is 38.9. The van der Waals surface area contributed by atoms with Crippen molar-refractivity contribution in [1.29, 1.82) is 0 Å². The third-order valence-electron chi connectivity index (χ3n) is 18.2. The molecule has 454 valence electrons. The van der Waals surface area contributed by atoms with Crippen LogP contribution < -0.4 is 23.1 Å². The van der Waals surface area contributed by atoms with Gasteiger partial charge in [-0.25, -0.2) is 0 Å². The van der Waals surface area contributed by atoms with Gasteiger partial charge in [-0.15, -0.1) is 0 Å². The highest BCUT2D eigenvalue weighted by Gasteiger charge is 2.65. The van der Waals surface area contributed by atoms with Crippen molar-refractivity contribution in [1.82, 2.24) is 0 Å². The molecule has 4 unspecified atom stereocenters. The molecule has 4 aromatic carbocycles. The number of Topliss-reactive ketones (excluding diaryl/α,β-unsaturated/α-hetero) is 1. The fourth-order valence-corrected chi connectivity index (χ4v) is 15.7. The van der Waals surface area contributed by atoms with Crippen LogP contribution >= 0.6 is 0 Å². The smallest absolute Gasteiger partial charge is 0.310 e. The van der Waals surface area contributed by atoms with Crippen molar-refractivity contribution in [2.45, 2.75) is 267 Å². The first kappa shape index (κ1) is 64.5. The summed E-state index contributed by atoms with van der Waals surface area (Å²) >= 11 is 0. The Balaban J connectivity index is 1.69. The second-order valence-electron chi connectivity index (χ2n) is 26.1. The van der Waals surface area contributed by atoms with Gasteiger partial charge in [-0.1, -0.05) is 119 Å². The Kier molecular flexibility index (Phi) is 21.8. The topological polar surface area (TPSA) is 158 Å². The zero-order valence-corrected chi connectivity index (χ0v) is 53.3. The monoisotopic (exact) mass is 1150 g/mol. The lowest BCUT2D eigenvalue weighted by Crippen LogP contribution is -2.43. The van der Waals surface area contributed by atoms with Gasteiger partial charge in [-0.2, -0.15) is 8.42 Å². The highest BCUT2D eigenvalue weighted by atomic mass is 32.2. The molecule has 0 saturated heterocycles. The van der Waals surface area contributed by atoms with Crippen LogP contribution in [0.25, 0.3) is 0 Å². The number of carbonyl (C=O) groups is 1. The molecule has 0 radical (unpaired) electrons. The van der Waals surface area contributed by atoms with Gasteiger partial charge in [0, 0.05) is 98.9 Å². The number of hydrogen-bond acceptors (Lipinski definition) is 11. The van der Waals surface area contributed by atoms with Crippen molar-refractivity contribution in [2.24, 2.45) is 16.7 Å². The number of phenols is 3. The zero-order valence-electron chi connectivity index (χ0n) is 52.5. The Morgan fingerprint density at radius 3 is 1.06 bits per heavy atom. The summed E-state index contributed by atoms with van der Waals surface area (Å²) in [5, 5.41) is 38.2. The normalized spacial score (nSPS) is 21.2. The summed E-state index contributed by atoms with van der Waals surface area (Å²) in [6.45, 7) is 28.5. The van der Waals surface area contributed by atoms with E-state index in [1.165, 1.54) is 0 Å². The Labute approximate surface area is 493 Å². The average molecular weight is 1150 g/mol. The number of ketones is 1. The molecule has 3 aliphatic carbocycles. The van der Waals surface area contributed by atoms with Crippen LogP contribution in [0.2, 0.25) is 0 Å². The Morgan fingerprint density at radius 2 is 0.768 bits per heavy atom. The third-order valence-corrected chi connectivity index (χ3v) is 19.5. The highest BCUT2D eigenvalue weighted by molar-refractivity contribution is 7.87. The van der Waals surface area contributed by atoms with E-state index in [1.54, 1.807) is 24.3 Å². The number of phenolic OH excluding ortho intramolecular Hbond substituents is 3. The summed E-state index contributed by atoms with van der Waals surface area (Å²) in [5.41, 5.74) is 4.25. The molecule has 11 nitrogen and oxygen atoms in total. The van der Waals surface area contributed by atoms with Gasteiger partial charge < -0.3 is 38.5 Å². The molecule has 2 saturated carbocycles. The molecule has 0 amide bonds. The number of rotatable bonds is 28. The van der Waals surface area contributed by atoms with Gasteiger partial charge >= 0.3 is 10.1 Å². The molecule has 2 fully saturated rings. The van der Waals surface area contributed by atoms with Crippen molar-refractivity contribution >= 4 is 15.9 Å². The van der Waals surface area contributed by atoms with Crippen LogP contribution in [-0.4, -0.2) is 59.7 Å². The lowest BCUT2D eigenvalue weighted by atomic mass is 9.70. The van der Waals surface area contributed by atoms with Crippen molar-refractivity contribution in [3.05, 3.63) is 93.0 Å². The predicted molar refractivity (Wildman–Crippen MR) is 331 cm³/mol. The Morgan fingerprint density at radius 1 is 0.463 bits per heavy atom. The van der Waals surface area contributed by atoms with Crippen molar-refractivity contribution in [2.75, 3.05) is 5.75 Å². The lowest BCUT2D eigenvalue weighted by Gasteiger charge is -2.36. The summed E-state index contributed by atoms with van der Waals surface area (Å²) in [6.07, 6.45) is 13.8. The second-order valence-corrected chi connectivity index (χ2v) is 27.7. The van der Waals surface area contributed by atoms with Gasteiger partial charge in [0.25, 0.3) is 0 Å². The van der Waals surface area contributed by atoms with Crippen LogP contribution in [0.1, 0.15) is 287 Å². The van der Waals surface area contributed by atoms with E-state index in [0.717, 1.165) is 106 Å². The molecule has 0 heterocycles. The van der Waals surface area contributed by atoms with E-state index in [0.29, 0.717) is 83.8 Å². The molecule has 4 aromatic rings. The quantitative estimate of drug-likeness (QED) is 0.0367. The van der Waals surface area contributed by atoms with Gasteiger partial charge in [0.05, 0.1) is 35.6 Å². The lowest BCUT2D eigenvalue weighted by molar-refractivity contribution is -0.128. The van der Waals surface area contributed by atoms with Gasteiger partial charge in [0.15, 0.2) is 0 Å². The average Bonchev–Trinajstić information content (AvgIpc) is 3.07. The molecule has 12 heteroatoms. The van der Waals surface area contributed by atoms with Crippen molar-refractivity contribution < 1.29 is 51.7 Å². The van der Waals surface area contributed by atoms with Gasteiger partial charge in [-0.05, 0) is 130 Å². The van der Waals surface area contributed by atoms with E-state index in [1.807, 2.05) is 69.2 Å². The maximum absolute atomic E-state index is 15.3. The standard InChI is InChI=1S/C70H102O11S/c1-15-19-23-27-48-52-34-55(63(38-60(52)71)77-43(5)6)49(28-24-20-16-2)54-36-57(65(40-62(54)73)79-45(9)10)51(30-26-22-18-4)59-37-58(50(29-25-21-17-3)53-35-56(48)64(39-61(53)72)78-44(7)8)66(80-46(11)12)41-67(59)81-82(75,76)42-70-32-31-47(33-68(70)74)69(70,13)14/h34-41,43-51,71-73H,15-33,42H2,1-14H3/t47-,48?,49?,50?,51?,70-/m1/s1. The van der Waals surface area contributed by atoms with E-state index >= 15 is 8.42 Å². The molecule has 0 aliphatic heterocycles. The van der Waals surface area contributed by atoms with E-state index in [9.17, 15) is 20.1 Å². The summed E-state index contributed by atoms with van der Waals surface area (Å²) in [4.78, 5) is 14.1. The van der Waals surface area contributed by atoms with E-state index in [2.05, 4.69) is 52.0 Å². The van der Waals surface area contributed by atoms with Crippen molar-refractivity contribution in [3.63, 3.8) is 0 Å². The van der Waals surface area contributed by atoms with Crippen LogP contribution in [0.4, 0.5) is 0 Å². The summed E-state index contributed by atoms with van der Waals surface area (Å²) in [6, 6.07) is 15.4. The van der Waals surface area contributed by atoms with E-state index < -0.39 is 50.4 Å². The van der Waals surface area contributed by atoms with Crippen LogP contribution in [0.15, 0.2) is 48.5 Å². The number of ether oxygens (including phenoxy) is 4. The second kappa shape index (κ2) is 27.7. The third kappa shape index (κ3) is 14.3. The fourth-order valence-electron chi connectivity index (χ4n) is 14.0. The zero-order chi connectivity index (χ0) is 59.8. The molecule has 3 aliphatic rings. The molecular formula is C70H102O11S. The fraction of sp³-hybridized carbons (Fsp3) is 0.643. The summed E-state index contributed by atoms with van der Waals surface area (Å²) in [5.74, 6) is 0.0446. The Hall–Kier alpha value is -5.10. The van der Waals surface area contributed by atoms with Crippen LogP contribution in [-0.2, 0) is 14.9 Å². The largest absolute Gasteiger partial charge is 0.508 e. The van der Waals surface area contributed by atoms with Crippen molar-refractivity contribution in [3.8, 4) is 46.0 Å². The predicted octanol–water partition coefficient (Wildman–Crippen LogP) is 18.2. The van der Waals surface area contributed by atoms with E-state index in [4.69, 9.17) is 23.1 Å². The number of unbranched alkanes of at least 4 members (excludes halogenated alkanes) is 8. The molecule has 3 N–H and O–H groups in total. The molecule has 10 bridgehead atoms. The van der Waals surface area contributed by atoms with Crippen LogP contribution in [0.5, 0.6) is 46.0 Å². The van der Waals surface area contributed by atoms with Gasteiger partial charge in [-0.3, -0.25) is 4.79 Å². The van der Waals surface area contributed by atoms with E-state index in [-0.39, 0.29) is 59.1 Å². The van der Waals surface area contributed by atoms with Gasteiger partial charge in [0.2, 0.25) is 0 Å². The minimum absolute atomic E-state index is 0.0132. The number of aromatic hydroxyl groups is 3. The SMILES string of the molecule is CCCCCC1c2cc(c(OC(C)C)cc2O)C(CCCCC)c2cc(c(OC(C)C)cc2O)C(CCCCC)c2cc(c(OC(C)C)cc2OS(=O)(=O)C[C@]23CC[C@H](CC2=O)C3(C)C)C(CCCCC)c2cc1c(OC(C)C)cc2O. The molecule has 0 spiro atoms. The molecule has 82 heavy (non-hydrogen) atoms. The molecule has 7 rings (SSSR count). The van der Waals surface area contributed by atoms with Crippen LogP contribution in [0.3, 0.4) is 0 Å².